The number of aromatic nitrogens is 2. The van der Waals surface area contributed by atoms with Crippen molar-refractivity contribution in [3.63, 3.8) is 0 Å². The number of halogens is 2. The highest BCUT2D eigenvalue weighted by Gasteiger charge is 2.10. The first kappa shape index (κ1) is 11.8. The second kappa shape index (κ2) is 4.67. The third-order valence-corrected chi connectivity index (χ3v) is 2.79. The summed E-state index contributed by atoms with van der Waals surface area (Å²) in [7, 11) is 0. The lowest BCUT2D eigenvalue weighted by Gasteiger charge is -2.09. The fourth-order valence-electron chi connectivity index (χ4n) is 1.29. The Labute approximate surface area is 103 Å². The monoisotopic (exact) mass is 252 g/mol. The summed E-state index contributed by atoms with van der Waals surface area (Å²) < 4.78 is 18.4. The zero-order valence-corrected chi connectivity index (χ0v) is 10.1. The maximum Gasteiger partial charge on any atom is 0.242 e. The predicted octanol–water partition coefficient (Wildman–Crippen LogP) is 3.68. The molecule has 2 aromatic rings. The summed E-state index contributed by atoms with van der Waals surface area (Å²) in [4.78, 5) is 0. The molecule has 88 valence electrons. The molecule has 0 fully saturated rings. The van der Waals surface area contributed by atoms with E-state index in [0.717, 1.165) is 11.1 Å². The molecule has 0 aliphatic rings. The van der Waals surface area contributed by atoms with E-state index in [1.165, 1.54) is 12.1 Å². The van der Waals surface area contributed by atoms with Gasteiger partial charge in [-0.15, -0.1) is 10.2 Å². The second-order valence-corrected chi connectivity index (χ2v) is 3.96. The Morgan fingerprint density at radius 2 is 1.94 bits per heavy atom. The zero-order chi connectivity index (χ0) is 12.4. The van der Waals surface area contributed by atoms with E-state index in [4.69, 9.17) is 16.3 Å². The molecule has 5 heteroatoms. The van der Waals surface area contributed by atoms with Gasteiger partial charge in [0.05, 0.1) is 0 Å². The summed E-state index contributed by atoms with van der Waals surface area (Å²) in [6.45, 7) is 3.65. The molecule has 1 heterocycles. The Hall–Kier alpha value is -1.68. The first-order valence-corrected chi connectivity index (χ1v) is 5.38. The van der Waals surface area contributed by atoms with Crippen LogP contribution in [0.2, 0.25) is 5.15 Å². The molecule has 2 rings (SSSR count). The van der Waals surface area contributed by atoms with Crippen LogP contribution in [0.4, 0.5) is 4.39 Å². The fourth-order valence-corrected chi connectivity index (χ4v) is 1.47. The van der Waals surface area contributed by atoms with Crippen molar-refractivity contribution in [2.45, 2.75) is 13.8 Å². The van der Waals surface area contributed by atoms with E-state index in [9.17, 15) is 4.39 Å². The lowest BCUT2D eigenvalue weighted by Crippen LogP contribution is -1.97. The Bertz CT molecular complexity index is 560. The van der Waals surface area contributed by atoms with Crippen LogP contribution in [-0.2, 0) is 0 Å². The molecule has 0 spiro atoms. The van der Waals surface area contributed by atoms with Gasteiger partial charge in [0.25, 0.3) is 0 Å². The second-order valence-electron chi connectivity index (χ2n) is 3.61. The SMILES string of the molecule is Cc1c(Cl)nnc(Oc2cccc(F)c2)c1C. The Kier molecular flexibility index (Phi) is 3.24. The maximum atomic E-state index is 13.0. The number of hydrogen-bond acceptors (Lipinski definition) is 3. The van der Waals surface area contributed by atoms with E-state index in [1.54, 1.807) is 12.1 Å². The van der Waals surface area contributed by atoms with E-state index < -0.39 is 0 Å². The fraction of sp³-hybridized carbons (Fsp3) is 0.167. The molecule has 0 saturated carbocycles. The Balaban J connectivity index is 2.34. The third-order valence-electron chi connectivity index (χ3n) is 2.43. The summed E-state index contributed by atoms with van der Waals surface area (Å²) >= 11 is 5.82. The van der Waals surface area contributed by atoms with Gasteiger partial charge in [-0.1, -0.05) is 17.7 Å². The van der Waals surface area contributed by atoms with Gasteiger partial charge in [0.15, 0.2) is 5.15 Å². The number of nitrogens with zero attached hydrogens (tertiary/aromatic N) is 2. The minimum Gasteiger partial charge on any atom is -0.437 e. The molecule has 1 aromatic carbocycles. The van der Waals surface area contributed by atoms with Crippen molar-refractivity contribution in [2.24, 2.45) is 0 Å². The van der Waals surface area contributed by atoms with Gasteiger partial charge in [-0.2, -0.15) is 0 Å². The Morgan fingerprint density at radius 1 is 1.18 bits per heavy atom. The lowest BCUT2D eigenvalue weighted by molar-refractivity contribution is 0.446. The standard InChI is InChI=1S/C12H10ClFN2O/c1-7-8(2)12(16-15-11(7)13)17-10-5-3-4-9(14)6-10/h3-6H,1-2H3. The first-order chi connectivity index (χ1) is 8.08. The quantitative estimate of drug-likeness (QED) is 0.818. The molecule has 0 saturated heterocycles. The van der Waals surface area contributed by atoms with Crippen molar-refractivity contribution >= 4 is 11.6 Å². The van der Waals surface area contributed by atoms with Crippen LogP contribution in [0.5, 0.6) is 11.6 Å². The van der Waals surface area contributed by atoms with Crippen molar-refractivity contribution in [2.75, 3.05) is 0 Å². The summed E-state index contributed by atoms with van der Waals surface area (Å²) in [5.41, 5.74) is 1.59. The number of rotatable bonds is 2. The zero-order valence-electron chi connectivity index (χ0n) is 9.37. The lowest BCUT2D eigenvalue weighted by atomic mass is 10.2. The molecule has 0 unspecified atom stereocenters. The summed E-state index contributed by atoms with van der Waals surface area (Å²) in [6, 6.07) is 5.84. The average molecular weight is 253 g/mol. The predicted molar refractivity (Wildman–Crippen MR) is 63.0 cm³/mol. The van der Waals surface area contributed by atoms with Gasteiger partial charge in [0.2, 0.25) is 5.88 Å². The van der Waals surface area contributed by atoms with Crippen LogP contribution in [0.3, 0.4) is 0 Å². The largest absolute Gasteiger partial charge is 0.437 e. The van der Waals surface area contributed by atoms with Gasteiger partial charge in [-0.25, -0.2) is 4.39 Å². The highest BCUT2D eigenvalue weighted by atomic mass is 35.5. The van der Waals surface area contributed by atoms with Crippen molar-refractivity contribution in [1.82, 2.24) is 10.2 Å². The van der Waals surface area contributed by atoms with Gasteiger partial charge >= 0.3 is 0 Å². The van der Waals surface area contributed by atoms with Crippen LogP contribution in [0.15, 0.2) is 24.3 Å². The van der Waals surface area contributed by atoms with Gasteiger partial charge in [-0.3, -0.25) is 0 Å². The van der Waals surface area contributed by atoms with Crippen molar-refractivity contribution < 1.29 is 9.13 Å². The molecule has 0 amide bonds. The average Bonchev–Trinajstić information content (AvgIpc) is 2.30. The minimum atomic E-state index is -0.362. The molecule has 0 radical (unpaired) electrons. The highest BCUT2D eigenvalue weighted by molar-refractivity contribution is 6.30. The molecule has 0 atom stereocenters. The van der Waals surface area contributed by atoms with Gasteiger partial charge in [0.1, 0.15) is 11.6 Å². The molecule has 0 N–H and O–H groups in total. The van der Waals surface area contributed by atoms with E-state index in [2.05, 4.69) is 10.2 Å². The van der Waals surface area contributed by atoms with E-state index in [0.29, 0.717) is 16.8 Å². The van der Waals surface area contributed by atoms with Crippen LogP contribution in [0.1, 0.15) is 11.1 Å². The van der Waals surface area contributed by atoms with Crippen LogP contribution < -0.4 is 4.74 Å². The number of hydrogen-bond donors (Lipinski definition) is 0. The molecular weight excluding hydrogens is 243 g/mol. The van der Waals surface area contributed by atoms with Gasteiger partial charge in [0, 0.05) is 11.6 Å². The van der Waals surface area contributed by atoms with E-state index in [-0.39, 0.29) is 5.82 Å². The van der Waals surface area contributed by atoms with E-state index >= 15 is 0 Å². The van der Waals surface area contributed by atoms with Gasteiger partial charge in [-0.05, 0) is 31.5 Å². The van der Waals surface area contributed by atoms with Crippen LogP contribution in [0, 0.1) is 19.7 Å². The van der Waals surface area contributed by atoms with Crippen LogP contribution in [-0.4, -0.2) is 10.2 Å². The van der Waals surface area contributed by atoms with Crippen LogP contribution >= 0.6 is 11.6 Å². The smallest absolute Gasteiger partial charge is 0.242 e. The summed E-state index contributed by atoms with van der Waals surface area (Å²) in [5, 5.41) is 7.93. The number of ether oxygens (including phenoxy) is 1. The van der Waals surface area contributed by atoms with Crippen molar-refractivity contribution in [3.8, 4) is 11.6 Å². The molecule has 17 heavy (non-hydrogen) atoms. The molecular formula is C12H10ClFN2O. The summed E-state index contributed by atoms with van der Waals surface area (Å²) in [5.74, 6) is 0.348. The normalized spacial score (nSPS) is 10.4. The van der Waals surface area contributed by atoms with Crippen molar-refractivity contribution in [3.05, 3.63) is 46.4 Å². The Morgan fingerprint density at radius 3 is 2.65 bits per heavy atom. The highest BCUT2D eigenvalue weighted by Crippen LogP contribution is 2.26. The van der Waals surface area contributed by atoms with Gasteiger partial charge < -0.3 is 4.74 Å². The molecule has 0 bridgehead atoms. The van der Waals surface area contributed by atoms with E-state index in [1.807, 2.05) is 13.8 Å². The summed E-state index contributed by atoms with van der Waals surface area (Å²) in [6.07, 6.45) is 0. The molecule has 0 aliphatic carbocycles. The minimum absolute atomic E-state index is 0.331. The first-order valence-electron chi connectivity index (χ1n) is 5.00. The molecule has 0 aliphatic heterocycles. The topological polar surface area (TPSA) is 35.0 Å². The van der Waals surface area contributed by atoms with Crippen LogP contribution in [0.25, 0.3) is 0 Å². The van der Waals surface area contributed by atoms with Crippen molar-refractivity contribution in [1.29, 1.82) is 0 Å². The maximum absolute atomic E-state index is 13.0. The third kappa shape index (κ3) is 2.53. The number of benzene rings is 1. The molecule has 3 nitrogen and oxygen atoms in total. The molecule has 1 aromatic heterocycles.